The first kappa shape index (κ1) is 19.5. The molecule has 3 atom stereocenters. The van der Waals surface area contributed by atoms with Crippen LogP contribution in [0.5, 0.6) is 0 Å². The van der Waals surface area contributed by atoms with Crippen molar-refractivity contribution in [1.82, 2.24) is 14.8 Å². The van der Waals surface area contributed by atoms with Gasteiger partial charge in [-0.1, -0.05) is 13.8 Å². The van der Waals surface area contributed by atoms with Crippen LogP contribution in [0, 0.1) is 5.92 Å². The predicted molar refractivity (Wildman–Crippen MR) is 89.7 cm³/mol. The van der Waals surface area contributed by atoms with Crippen molar-refractivity contribution < 1.29 is 24.4 Å². The highest BCUT2D eigenvalue weighted by Gasteiger charge is 2.28. The Labute approximate surface area is 145 Å². The zero-order chi connectivity index (χ0) is 18.6. The van der Waals surface area contributed by atoms with Crippen LogP contribution in [-0.4, -0.2) is 58.2 Å². The maximum absolute atomic E-state index is 12.3. The number of nitrogens with one attached hydrogen (secondary N) is 2. The summed E-state index contributed by atoms with van der Waals surface area (Å²) in [4.78, 5) is 28.3. The number of carbonyl (C=O) groups excluding carboxylic acids is 1. The van der Waals surface area contributed by atoms with E-state index in [-0.39, 0.29) is 24.9 Å². The van der Waals surface area contributed by atoms with Crippen LogP contribution in [0.4, 0.5) is 5.82 Å². The molecule has 0 unspecified atom stereocenters. The van der Waals surface area contributed by atoms with E-state index in [4.69, 9.17) is 14.6 Å². The summed E-state index contributed by atoms with van der Waals surface area (Å²) >= 11 is 0. The SMILES string of the molecule is CB(O)N[C@H](C(=O)Nc1ccn([C@@H]2CO[C@H](CO)O2)c(=O)n1)C(C)C. The summed E-state index contributed by atoms with van der Waals surface area (Å²) in [5.74, 6) is -0.377. The standard InChI is InChI=1S/C14H23BN4O6/c1-8(2)12(18-15(3)23)13(21)16-9-4-5-19(14(22)17-9)10-7-24-11(6-20)25-10/h4-5,8,10-12,18,20,23H,6-7H2,1-3H3,(H,16,17,21,22)/t10-,11-,12-/m0/s1. The second kappa shape index (κ2) is 8.54. The third kappa shape index (κ3) is 5.09. The Bertz CT molecular complexity index is 652. The molecule has 0 spiro atoms. The lowest BCUT2D eigenvalue weighted by atomic mass is 9.85. The van der Waals surface area contributed by atoms with Crippen LogP contribution in [0.25, 0.3) is 0 Å². The monoisotopic (exact) mass is 354 g/mol. The average molecular weight is 354 g/mol. The number of amides is 1. The van der Waals surface area contributed by atoms with Crippen molar-refractivity contribution in [1.29, 1.82) is 0 Å². The molecular formula is C14H23BN4O6. The Kier molecular flexibility index (Phi) is 6.67. The lowest BCUT2D eigenvalue weighted by Crippen LogP contribution is -2.50. The molecule has 0 radical (unpaired) electrons. The fourth-order valence-corrected chi connectivity index (χ4v) is 2.42. The van der Waals surface area contributed by atoms with Gasteiger partial charge in [0, 0.05) is 6.20 Å². The van der Waals surface area contributed by atoms with Crippen LogP contribution in [-0.2, 0) is 14.3 Å². The normalized spacial score (nSPS) is 21.4. The summed E-state index contributed by atoms with van der Waals surface area (Å²) in [6, 6.07) is 0.829. The largest absolute Gasteiger partial charge is 0.437 e. The molecule has 0 aliphatic carbocycles. The lowest BCUT2D eigenvalue weighted by molar-refractivity contribution is -0.118. The second-order valence-electron chi connectivity index (χ2n) is 6.09. The van der Waals surface area contributed by atoms with E-state index in [0.29, 0.717) is 0 Å². The molecular weight excluding hydrogens is 331 g/mol. The van der Waals surface area contributed by atoms with Gasteiger partial charge in [-0.2, -0.15) is 4.98 Å². The van der Waals surface area contributed by atoms with Crippen molar-refractivity contribution in [2.75, 3.05) is 18.5 Å². The first-order chi connectivity index (χ1) is 11.8. The van der Waals surface area contributed by atoms with E-state index in [0.717, 1.165) is 0 Å². The number of aliphatic hydroxyl groups excluding tert-OH is 1. The van der Waals surface area contributed by atoms with Gasteiger partial charge in [0.2, 0.25) is 5.91 Å². The maximum Gasteiger partial charge on any atom is 0.374 e. The topological polar surface area (TPSA) is 135 Å². The van der Waals surface area contributed by atoms with Gasteiger partial charge in [0.05, 0.1) is 19.3 Å². The summed E-state index contributed by atoms with van der Waals surface area (Å²) in [6.45, 7) is 5.00. The molecule has 1 aromatic heterocycles. The van der Waals surface area contributed by atoms with E-state index in [9.17, 15) is 14.6 Å². The first-order valence-electron chi connectivity index (χ1n) is 8.04. The summed E-state index contributed by atoms with van der Waals surface area (Å²) in [6.07, 6.45) is -0.0116. The van der Waals surface area contributed by atoms with E-state index in [1.165, 1.54) is 23.7 Å². The zero-order valence-corrected chi connectivity index (χ0v) is 14.4. The van der Waals surface area contributed by atoms with Gasteiger partial charge in [0.15, 0.2) is 12.5 Å². The maximum atomic E-state index is 12.3. The first-order valence-corrected chi connectivity index (χ1v) is 8.04. The number of hydrogen-bond acceptors (Lipinski definition) is 8. The predicted octanol–water partition coefficient (Wildman–Crippen LogP) is -1.23. The molecule has 1 amide bonds. The Morgan fingerprint density at radius 1 is 1.56 bits per heavy atom. The number of hydrogen-bond donors (Lipinski definition) is 4. The van der Waals surface area contributed by atoms with Crippen molar-refractivity contribution in [3.05, 3.63) is 22.7 Å². The number of anilines is 1. The number of aromatic nitrogens is 2. The van der Waals surface area contributed by atoms with Gasteiger partial charge in [-0.25, -0.2) is 4.79 Å². The molecule has 1 aliphatic rings. The Hall–Kier alpha value is -1.79. The summed E-state index contributed by atoms with van der Waals surface area (Å²) < 4.78 is 11.7. The highest BCUT2D eigenvalue weighted by Crippen LogP contribution is 2.19. The molecule has 4 N–H and O–H groups in total. The molecule has 138 valence electrons. The van der Waals surface area contributed by atoms with Crippen LogP contribution in [0.15, 0.2) is 17.1 Å². The van der Waals surface area contributed by atoms with Gasteiger partial charge in [0.25, 0.3) is 0 Å². The molecule has 0 bridgehead atoms. The highest BCUT2D eigenvalue weighted by molar-refractivity contribution is 6.46. The number of rotatable bonds is 7. The van der Waals surface area contributed by atoms with Gasteiger partial charge in [0.1, 0.15) is 5.82 Å². The number of carbonyl (C=O) groups is 1. The molecule has 0 saturated carbocycles. The molecule has 10 nitrogen and oxygen atoms in total. The van der Waals surface area contributed by atoms with Crippen molar-refractivity contribution in [3.63, 3.8) is 0 Å². The molecule has 1 aliphatic heterocycles. The van der Waals surface area contributed by atoms with Gasteiger partial charge >= 0.3 is 12.7 Å². The fourth-order valence-electron chi connectivity index (χ4n) is 2.42. The third-order valence-corrected chi connectivity index (χ3v) is 3.64. The van der Waals surface area contributed by atoms with Crippen LogP contribution in [0.1, 0.15) is 20.1 Å². The minimum Gasteiger partial charge on any atom is -0.437 e. The molecule has 1 saturated heterocycles. The number of nitrogens with zero attached hydrogens (tertiary/aromatic N) is 2. The quantitative estimate of drug-likeness (QED) is 0.447. The van der Waals surface area contributed by atoms with E-state index >= 15 is 0 Å². The molecule has 1 aromatic rings. The summed E-state index contributed by atoms with van der Waals surface area (Å²) in [7, 11) is -0.849. The Morgan fingerprint density at radius 2 is 2.28 bits per heavy atom. The van der Waals surface area contributed by atoms with Crippen LogP contribution >= 0.6 is 0 Å². The molecule has 25 heavy (non-hydrogen) atoms. The number of ether oxygens (including phenoxy) is 2. The van der Waals surface area contributed by atoms with E-state index in [1.54, 1.807) is 0 Å². The Balaban J connectivity index is 2.07. The average Bonchev–Trinajstić information content (AvgIpc) is 3.01. The minimum atomic E-state index is -0.849. The molecule has 2 rings (SSSR count). The Morgan fingerprint density at radius 3 is 2.80 bits per heavy atom. The minimum absolute atomic E-state index is 0.0746. The highest BCUT2D eigenvalue weighted by atomic mass is 16.7. The fraction of sp³-hybridized carbons (Fsp3) is 0.643. The van der Waals surface area contributed by atoms with Gasteiger partial charge in [-0.15, -0.1) is 0 Å². The van der Waals surface area contributed by atoms with E-state index < -0.39 is 37.2 Å². The van der Waals surface area contributed by atoms with Gasteiger partial charge in [-0.05, 0) is 18.8 Å². The van der Waals surface area contributed by atoms with E-state index in [2.05, 4.69) is 15.5 Å². The van der Waals surface area contributed by atoms with E-state index in [1.807, 2.05) is 13.8 Å². The van der Waals surface area contributed by atoms with Crippen molar-refractivity contribution in [2.24, 2.45) is 5.92 Å². The molecule has 0 aromatic carbocycles. The van der Waals surface area contributed by atoms with Crippen LogP contribution in [0.2, 0.25) is 6.82 Å². The van der Waals surface area contributed by atoms with Crippen molar-refractivity contribution in [2.45, 2.75) is 39.2 Å². The summed E-state index contributed by atoms with van der Waals surface area (Å²) in [5, 5.41) is 23.7. The van der Waals surface area contributed by atoms with Gasteiger partial charge < -0.3 is 30.1 Å². The van der Waals surface area contributed by atoms with Crippen LogP contribution in [0.3, 0.4) is 0 Å². The van der Waals surface area contributed by atoms with Gasteiger partial charge in [-0.3, -0.25) is 9.36 Å². The molecule has 1 fully saturated rings. The smallest absolute Gasteiger partial charge is 0.374 e. The summed E-state index contributed by atoms with van der Waals surface area (Å²) in [5.41, 5.74) is -0.616. The zero-order valence-electron chi connectivity index (χ0n) is 14.4. The van der Waals surface area contributed by atoms with Crippen molar-refractivity contribution >= 4 is 18.8 Å². The van der Waals surface area contributed by atoms with Crippen molar-refractivity contribution in [3.8, 4) is 0 Å². The van der Waals surface area contributed by atoms with Crippen LogP contribution < -0.4 is 16.2 Å². The lowest BCUT2D eigenvalue weighted by Gasteiger charge is -2.22. The molecule has 11 heteroatoms. The third-order valence-electron chi connectivity index (χ3n) is 3.64. The number of aliphatic hydroxyl groups is 1. The molecule has 2 heterocycles. The second-order valence-corrected chi connectivity index (χ2v) is 6.09.